The van der Waals surface area contributed by atoms with Crippen LogP contribution >= 0.6 is 0 Å². The molecule has 1 unspecified atom stereocenters. The Morgan fingerprint density at radius 2 is 1.63 bits per heavy atom. The molecular weight excluding hydrogens is 444 g/mol. The third-order valence-electron chi connectivity index (χ3n) is 7.64. The summed E-state index contributed by atoms with van der Waals surface area (Å²) in [7, 11) is 0. The molecule has 4 rings (SSSR count). The van der Waals surface area contributed by atoms with E-state index in [1.807, 2.05) is 38.1 Å². The number of amides is 2. The zero-order valence-electron chi connectivity index (χ0n) is 20.5. The molecule has 1 aliphatic carbocycles. The van der Waals surface area contributed by atoms with Gasteiger partial charge in [-0.25, -0.2) is 4.79 Å². The number of rotatable bonds is 9. The first-order valence-corrected chi connectivity index (χ1v) is 12.5. The van der Waals surface area contributed by atoms with Gasteiger partial charge in [-0.3, -0.25) is 9.59 Å². The summed E-state index contributed by atoms with van der Waals surface area (Å²) in [5.41, 5.74) is 3.56. The van der Waals surface area contributed by atoms with Gasteiger partial charge in [0.05, 0.1) is 0 Å². The van der Waals surface area contributed by atoms with Crippen molar-refractivity contribution in [3.05, 3.63) is 59.7 Å². The zero-order chi connectivity index (χ0) is 25.0. The number of ether oxygens (including phenoxy) is 1. The Bertz CT molecular complexity index is 1050. The van der Waals surface area contributed by atoms with Crippen molar-refractivity contribution >= 4 is 18.0 Å². The van der Waals surface area contributed by atoms with E-state index in [-0.39, 0.29) is 30.8 Å². The van der Waals surface area contributed by atoms with Gasteiger partial charge >= 0.3 is 12.1 Å². The van der Waals surface area contributed by atoms with Crippen LogP contribution in [0.2, 0.25) is 0 Å². The van der Waals surface area contributed by atoms with Crippen LogP contribution in [0, 0.1) is 5.92 Å². The van der Waals surface area contributed by atoms with Crippen molar-refractivity contribution in [2.45, 2.75) is 57.4 Å². The number of aliphatic carboxylic acids is 1. The lowest BCUT2D eigenvalue weighted by Crippen LogP contribution is -2.59. The van der Waals surface area contributed by atoms with Gasteiger partial charge in [0, 0.05) is 25.4 Å². The number of nitrogens with zero attached hydrogens (tertiary/aromatic N) is 1. The van der Waals surface area contributed by atoms with Gasteiger partial charge in [-0.05, 0) is 53.9 Å². The van der Waals surface area contributed by atoms with Crippen LogP contribution in [0.4, 0.5) is 4.79 Å². The highest BCUT2D eigenvalue weighted by molar-refractivity contribution is 5.90. The van der Waals surface area contributed by atoms with Crippen LogP contribution in [0.15, 0.2) is 48.5 Å². The molecule has 186 valence electrons. The van der Waals surface area contributed by atoms with Gasteiger partial charge in [-0.1, -0.05) is 62.4 Å². The third-order valence-corrected chi connectivity index (χ3v) is 7.64. The number of carboxylic acid groups (broad SMARTS) is 1. The van der Waals surface area contributed by atoms with Crippen molar-refractivity contribution in [2.24, 2.45) is 5.92 Å². The first kappa shape index (κ1) is 24.8. The van der Waals surface area contributed by atoms with Crippen LogP contribution in [0.5, 0.6) is 0 Å². The molecule has 1 aliphatic heterocycles. The molecule has 0 saturated carbocycles. The Labute approximate surface area is 206 Å². The van der Waals surface area contributed by atoms with E-state index in [1.165, 1.54) is 0 Å². The minimum atomic E-state index is -1.04. The number of carbonyl (C=O) groups is 3. The summed E-state index contributed by atoms with van der Waals surface area (Å²) in [4.78, 5) is 39.1. The van der Waals surface area contributed by atoms with Crippen molar-refractivity contribution < 1.29 is 24.2 Å². The van der Waals surface area contributed by atoms with E-state index < -0.39 is 17.6 Å². The van der Waals surface area contributed by atoms with E-state index in [9.17, 15) is 14.4 Å². The Morgan fingerprint density at radius 3 is 2.20 bits per heavy atom. The van der Waals surface area contributed by atoms with E-state index in [2.05, 4.69) is 29.6 Å². The maximum Gasteiger partial charge on any atom is 0.408 e. The molecule has 0 aromatic heterocycles. The maximum absolute atomic E-state index is 13.5. The fourth-order valence-corrected chi connectivity index (χ4v) is 5.50. The fourth-order valence-electron chi connectivity index (χ4n) is 5.50. The highest BCUT2D eigenvalue weighted by Crippen LogP contribution is 2.44. The highest BCUT2D eigenvalue weighted by Gasteiger charge is 2.42. The van der Waals surface area contributed by atoms with Gasteiger partial charge in [0.2, 0.25) is 5.91 Å². The topological polar surface area (TPSA) is 95.9 Å². The molecule has 0 spiro atoms. The molecule has 2 aliphatic rings. The van der Waals surface area contributed by atoms with Crippen molar-refractivity contribution in [3.8, 4) is 11.1 Å². The smallest absolute Gasteiger partial charge is 0.408 e. The highest BCUT2D eigenvalue weighted by atomic mass is 16.5. The average Bonchev–Trinajstić information content (AvgIpc) is 3.47. The molecule has 0 radical (unpaired) electrons. The van der Waals surface area contributed by atoms with Crippen LogP contribution in [0.1, 0.15) is 63.0 Å². The lowest BCUT2D eigenvalue weighted by molar-refractivity contribution is -0.137. The zero-order valence-corrected chi connectivity index (χ0v) is 20.5. The molecule has 7 nitrogen and oxygen atoms in total. The van der Waals surface area contributed by atoms with Crippen molar-refractivity contribution in [2.75, 3.05) is 19.7 Å². The summed E-state index contributed by atoms with van der Waals surface area (Å²) in [5.74, 6) is -0.803. The van der Waals surface area contributed by atoms with E-state index in [1.54, 1.807) is 4.90 Å². The van der Waals surface area contributed by atoms with Gasteiger partial charge in [0.1, 0.15) is 12.1 Å². The summed E-state index contributed by atoms with van der Waals surface area (Å²) in [6.45, 7) is 5.09. The van der Waals surface area contributed by atoms with Gasteiger partial charge in [-0.2, -0.15) is 0 Å². The van der Waals surface area contributed by atoms with Crippen molar-refractivity contribution in [1.29, 1.82) is 0 Å². The lowest BCUT2D eigenvalue weighted by Gasteiger charge is -2.35. The van der Waals surface area contributed by atoms with Crippen LogP contribution in [0.3, 0.4) is 0 Å². The Kier molecular flexibility index (Phi) is 7.43. The summed E-state index contributed by atoms with van der Waals surface area (Å²) in [6, 6.07) is 16.3. The molecule has 2 aromatic rings. The van der Waals surface area contributed by atoms with Gasteiger partial charge < -0.3 is 20.1 Å². The monoisotopic (exact) mass is 478 g/mol. The molecular formula is C28H34N2O5. The molecule has 1 fully saturated rings. The molecule has 1 heterocycles. The Hall–Kier alpha value is -3.35. The Morgan fingerprint density at radius 1 is 1.03 bits per heavy atom. The predicted molar refractivity (Wildman–Crippen MR) is 133 cm³/mol. The number of alkyl carbamates (subject to hydrolysis) is 1. The molecule has 35 heavy (non-hydrogen) atoms. The summed E-state index contributed by atoms with van der Waals surface area (Å²) >= 11 is 0. The minimum absolute atomic E-state index is 0.0462. The fraction of sp³-hybridized carbons (Fsp3) is 0.464. The number of carbonyl (C=O) groups excluding carboxylic acids is 2. The first-order chi connectivity index (χ1) is 16.9. The second kappa shape index (κ2) is 10.5. The number of carboxylic acids is 1. The lowest BCUT2D eigenvalue weighted by atomic mass is 9.91. The normalized spacial score (nSPS) is 17.1. The van der Waals surface area contributed by atoms with Gasteiger partial charge in [0.15, 0.2) is 0 Å². The summed E-state index contributed by atoms with van der Waals surface area (Å²) < 4.78 is 5.71. The van der Waals surface area contributed by atoms with Crippen LogP contribution in [0.25, 0.3) is 11.1 Å². The molecule has 2 aromatic carbocycles. The molecule has 1 atom stereocenters. The number of likely N-dealkylation sites (tertiary alicyclic amines) is 1. The molecule has 7 heteroatoms. The van der Waals surface area contributed by atoms with E-state index in [4.69, 9.17) is 9.84 Å². The minimum Gasteiger partial charge on any atom is -0.481 e. The van der Waals surface area contributed by atoms with E-state index in [0.717, 1.165) is 28.7 Å². The second-order valence-corrected chi connectivity index (χ2v) is 9.58. The molecule has 1 saturated heterocycles. The SMILES string of the molecule is CCC(CC)(NC(=O)OCC1c2ccccc2-c2ccccc21)C(=O)N1CCC(CCC(=O)O)C1. The largest absolute Gasteiger partial charge is 0.481 e. The van der Waals surface area contributed by atoms with Crippen molar-refractivity contribution in [3.63, 3.8) is 0 Å². The van der Waals surface area contributed by atoms with Crippen LogP contribution in [-0.2, 0) is 14.3 Å². The predicted octanol–water partition coefficient (Wildman–Crippen LogP) is 4.80. The number of nitrogens with one attached hydrogen (secondary N) is 1. The number of hydrogen-bond acceptors (Lipinski definition) is 4. The number of fused-ring (bicyclic) bond motifs is 3. The quantitative estimate of drug-likeness (QED) is 0.540. The van der Waals surface area contributed by atoms with Gasteiger partial charge in [-0.15, -0.1) is 0 Å². The van der Waals surface area contributed by atoms with Crippen LogP contribution in [-0.4, -0.2) is 53.2 Å². The Balaban J connectivity index is 1.40. The summed E-state index contributed by atoms with van der Waals surface area (Å²) in [5, 5.41) is 11.8. The standard InChI is InChI=1S/C28H34N2O5/c1-3-28(4-2,26(33)30-16-15-19(17-30)13-14-25(31)32)29-27(34)35-18-24-22-11-7-5-9-20(22)21-10-6-8-12-23(21)24/h5-12,19,24H,3-4,13-18H2,1-2H3,(H,29,34)(H,31,32). The molecule has 2 amide bonds. The van der Waals surface area contributed by atoms with Crippen LogP contribution < -0.4 is 5.32 Å². The molecule has 2 N–H and O–H groups in total. The maximum atomic E-state index is 13.5. The summed E-state index contributed by atoms with van der Waals surface area (Å²) in [6.07, 6.45) is 1.76. The number of benzene rings is 2. The molecule has 0 bridgehead atoms. The van der Waals surface area contributed by atoms with Crippen molar-refractivity contribution in [1.82, 2.24) is 10.2 Å². The number of hydrogen-bond donors (Lipinski definition) is 2. The van der Waals surface area contributed by atoms with E-state index in [0.29, 0.717) is 32.4 Å². The van der Waals surface area contributed by atoms with E-state index >= 15 is 0 Å². The first-order valence-electron chi connectivity index (χ1n) is 12.5. The third kappa shape index (κ3) is 5.04. The van der Waals surface area contributed by atoms with Gasteiger partial charge in [0.25, 0.3) is 0 Å². The average molecular weight is 479 g/mol. The second-order valence-electron chi connectivity index (χ2n) is 9.58.